The number of anilines is 1. The number of rotatable bonds is 5. The van der Waals surface area contributed by atoms with Crippen LogP contribution in [0, 0.1) is 5.82 Å². The van der Waals surface area contributed by atoms with Gasteiger partial charge in [0, 0.05) is 38.7 Å². The summed E-state index contributed by atoms with van der Waals surface area (Å²) in [7, 11) is 5.15. The second-order valence-electron chi connectivity index (χ2n) is 6.25. The fraction of sp³-hybridized carbons (Fsp3) is 0.389. The lowest BCUT2D eigenvalue weighted by atomic mass is 10.2. The molecule has 1 saturated heterocycles. The van der Waals surface area contributed by atoms with E-state index in [1.807, 2.05) is 25.1 Å². The van der Waals surface area contributed by atoms with Gasteiger partial charge in [-0.1, -0.05) is 0 Å². The molecule has 1 aliphatic rings. The minimum absolute atomic E-state index is 0.115. The molecule has 1 aliphatic heterocycles. The van der Waals surface area contributed by atoms with Gasteiger partial charge < -0.3 is 19.3 Å². The van der Waals surface area contributed by atoms with E-state index in [4.69, 9.17) is 9.47 Å². The normalized spacial score (nSPS) is 16.5. The molecule has 0 N–H and O–H groups in total. The highest BCUT2D eigenvalue weighted by atomic mass is 19.1. The molecule has 3 rings (SSSR count). The van der Waals surface area contributed by atoms with Crippen LogP contribution in [-0.4, -0.2) is 61.4 Å². The summed E-state index contributed by atoms with van der Waals surface area (Å²) in [6.07, 6.45) is 0.517. The number of methoxy groups -OCH3 is 1. The van der Waals surface area contributed by atoms with Crippen LogP contribution < -0.4 is 14.4 Å². The zero-order valence-electron chi connectivity index (χ0n) is 15.0. The molecule has 0 aliphatic carbocycles. The van der Waals surface area contributed by atoms with Crippen molar-refractivity contribution in [2.45, 2.75) is 12.5 Å². The maximum Gasteiger partial charge on any atom is 0.254 e. The van der Waals surface area contributed by atoms with Crippen LogP contribution in [0.15, 0.2) is 30.3 Å². The van der Waals surface area contributed by atoms with Gasteiger partial charge in [0.1, 0.15) is 6.10 Å². The molecule has 1 amide bonds. The first kappa shape index (κ1) is 17.9. The first-order valence-electron chi connectivity index (χ1n) is 8.28. The number of benzene rings is 1. The largest absolute Gasteiger partial charge is 0.494 e. The number of amides is 1. The van der Waals surface area contributed by atoms with Crippen molar-refractivity contribution in [3.8, 4) is 11.6 Å². The van der Waals surface area contributed by atoms with Crippen LogP contribution in [-0.2, 0) is 0 Å². The summed E-state index contributed by atoms with van der Waals surface area (Å²) in [5.41, 5.74) is 0.291. The summed E-state index contributed by atoms with van der Waals surface area (Å²) in [5, 5.41) is 8.11. The molecule has 0 spiro atoms. The maximum atomic E-state index is 13.8. The lowest BCUT2D eigenvalue weighted by Gasteiger charge is -2.17. The lowest BCUT2D eigenvalue weighted by Crippen LogP contribution is -2.31. The molecule has 2 heterocycles. The van der Waals surface area contributed by atoms with Crippen molar-refractivity contribution in [1.82, 2.24) is 15.1 Å². The van der Waals surface area contributed by atoms with Crippen LogP contribution in [0.5, 0.6) is 11.6 Å². The third kappa shape index (κ3) is 3.84. The van der Waals surface area contributed by atoms with E-state index in [1.165, 1.54) is 19.2 Å². The summed E-state index contributed by atoms with van der Waals surface area (Å²) in [6.45, 7) is 0.962. The Morgan fingerprint density at radius 3 is 2.69 bits per heavy atom. The van der Waals surface area contributed by atoms with Crippen LogP contribution in [0.1, 0.15) is 16.8 Å². The van der Waals surface area contributed by atoms with Crippen molar-refractivity contribution < 1.29 is 18.7 Å². The van der Waals surface area contributed by atoms with Gasteiger partial charge in [0.25, 0.3) is 5.91 Å². The Kier molecular flexibility index (Phi) is 5.20. The number of carbonyl (C=O) groups excluding carboxylic acids is 1. The highest BCUT2D eigenvalue weighted by Gasteiger charge is 2.29. The Hall–Kier alpha value is -2.90. The van der Waals surface area contributed by atoms with Crippen molar-refractivity contribution >= 4 is 11.7 Å². The Morgan fingerprint density at radius 1 is 1.27 bits per heavy atom. The van der Waals surface area contributed by atoms with E-state index in [1.54, 1.807) is 17.0 Å². The zero-order chi connectivity index (χ0) is 18.7. The number of ether oxygens (including phenoxy) is 2. The fourth-order valence-corrected chi connectivity index (χ4v) is 2.78. The van der Waals surface area contributed by atoms with Crippen LogP contribution in [0.2, 0.25) is 0 Å². The van der Waals surface area contributed by atoms with Crippen molar-refractivity contribution in [3.63, 3.8) is 0 Å². The van der Waals surface area contributed by atoms with Crippen molar-refractivity contribution in [1.29, 1.82) is 0 Å². The predicted octanol–water partition coefficient (Wildman–Crippen LogP) is 1.98. The van der Waals surface area contributed by atoms with E-state index in [-0.39, 0.29) is 17.8 Å². The van der Waals surface area contributed by atoms with Crippen LogP contribution in [0.25, 0.3) is 0 Å². The molecule has 138 valence electrons. The van der Waals surface area contributed by atoms with Gasteiger partial charge in [-0.05, 0) is 24.3 Å². The molecule has 1 unspecified atom stereocenters. The number of nitrogens with zero attached hydrogens (tertiary/aromatic N) is 4. The van der Waals surface area contributed by atoms with E-state index in [0.29, 0.717) is 31.0 Å². The standard InChI is InChI=1S/C18H21FN4O3/c1-22(2)16-6-7-17(21-20-16)26-13-8-9-23(11-13)18(24)12-4-5-15(25-3)14(19)10-12/h4-7,10,13H,8-9,11H2,1-3H3. The van der Waals surface area contributed by atoms with Gasteiger partial charge in [0.15, 0.2) is 17.4 Å². The van der Waals surface area contributed by atoms with E-state index in [0.717, 1.165) is 5.82 Å². The molecule has 0 bridgehead atoms. The average Bonchev–Trinajstić information content (AvgIpc) is 3.10. The van der Waals surface area contributed by atoms with Crippen molar-refractivity contribution in [2.24, 2.45) is 0 Å². The van der Waals surface area contributed by atoms with E-state index >= 15 is 0 Å². The van der Waals surface area contributed by atoms with Gasteiger partial charge in [-0.3, -0.25) is 4.79 Å². The molecule has 26 heavy (non-hydrogen) atoms. The molecule has 0 saturated carbocycles. The monoisotopic (exact) mass is 360 g/mol. The molecule has 0 radical (unpaired) electrons. The average molecular weight is 360 g/mol. The number of aromatic nitrogens is 2. The van der Waals surface area contributed by atoms with Crippen molar-refractivity contribution in [3.05, 3.63) is 41.7 Å². The van der Waals surface area contributed by atoms with Crippen LogP contribution in [0.3, 0.4) is 0 Å². The first-order valence-corrected chi connectivity index (χ1v) is 8.28. The smallest absolute Gasteiger partial charge is 0.254 e. The van der Waals surface area contributed by atoms with Gasteiger partial charge in [-0.2, -0.15) is 0 Å². The number of hydrogen-bond acceptors (Lipinski definition) is 6. The Labute approximate surface area is 151 Å². The molecule has 7 nitrogen and oxygen atoms in total. The second kappa shape index (κ2) is 7.55. The molecule has 1 atom stereocenters. The number of halogens is 1. The molecule has 1 aromatic carbocycles. The minimum atomic E-state index is -0.554. The highest BCUT2D eigenvalue weighted by molar-refractivity contribution is 5.94. The Morgan fingerprint density at radius 2 is 2.08 bits per heavy atom. The minimum Gasteiger partial charge on any atom is -0.494 e. The Bertz CT molecular complexity index is 783. The summed E-state index contributed by atoms with van der Waals surface area (Å²) in [4.78, 5) is 16.0. The summed E-state index contributed by atoms with van der Waals surface area (Å²) in [5.74, 6) is 0.490. The van der Waals surface area contributed by atoms with Gasteiger partial charge in [-0.15, -0.1) is 10.2 Å². The zero-order valence-corrected chi connectivity index (χ0v) is 15.0. The maximum absolute atomic E-state index is 13.8. The number of hydrogen-bond donors (Lipinski definition) is 0. The number of carbonyl (C=O) groups is 1. The predicted molar refractivity (Wildman–Crippen MR) is 94.2 cm³/mol. The third-order valence-electron chi connectivity index (χ3n) is 4.20. The second-order valence-corrected chi connectivity index (χ2v) is 6.25. The van der Waals surface area contributed by atoms with Crippen molar-refractivity contribution in [2.75, 3.05) is 39.2 Å². The van der Waals surface area contributed by atoms with E-state index < -0.39 is 5.82 Å². The molecule has 1 aromatic heterocycles. The van der Waals surface area contributed by atoms with Gasteiger partial charge >= 0.3 is 0 Å². The molecule has 8 heteroatoms. The molecule has 1 fully saturated rings. The summed E-state index contributed by atoms with van der Waals surface area (Å²) >= 11 is 0. The van der Waals surface area contributed by atoms with E-state index in [2.05, 4.69) is 10.2 Å². The Balaban J connectivity index is 1.61. The van der Waals surface area contributed by atoms with Gasteiger partial charge in [0.2, 0.25) is 5.88 Å². The summed E-state index contributed by atoms with van der Waals surface area (Å²) < 4.78 is 24.5. The topological polar surface area (TPSA) is 67.8 Å². The highest BCUT2D eigenvalue weighted by Crippen LogP contribution is 2.22. The molecular formula is C18H21FN4O3. The van der Waals surface area contributed by atoms with E-state index in [9.17, 15) is 9.18 Å². The fourth-order valence-electron chi connectivity index (χ4n) is 2.78. The van der Waals surface area contributed by atoms with Crippen LogP contribution >= 0.6 is 0 Å². The SMILES string of the molecule is COc1ccc(C(=O)N2CCC(Oc3ccc(N(C)C)nn3)C2)cc1F. The summed E-state index contributed by atoms with van der Waals surface area (Å²) in [6, 6.07) is 7.78. The van der Waals surface area contributed by atoms with Gasteiger partial charge in [0.05, 0.1) is 13.7 Å². The van der Waals surface area contributed by atoms with Gasteiger partial charge in [-0.25, -0.2) is 4.39 Å². The molecular weight excluding hydrogens is 339 g/mol. The lowest BCUT2D eigenvalue weighted by molar-refractivity contribution is 0.0770. The first-order chi connectivity index (χ1) is 12.5. The van der Waals surface area contributed by atoms with Crippen LogP contribution in [0.4, 0.5) is 10.2 Å². The molecule has 2 aromatic rings. The number of likely N-dealkylation sites (tertiary alicyclic amines) is 1. The third-order valence-corrected chi connectivity index (χ3v) is 4.20. The quantitative estimate of drug-likeness (QED) is 0.812.